The highest BCUT2D eigenvalue weighted by molar-refractivity contribution is 7.98. The molecule has 0 aliphatic heterocycles. The van der Waals surface area contributed by atoms with Crippen LogP contribution in [0, 0.1) is 0 Å². The topological polar surface area (TPSA) is 50.4 Å². The highest BCUT2D eigenvalue weighted by Gasteiger charge is 2.04. The molecule has 0 amide bonds. The minimum atomic E-state index is 0.713. The first kappa shape index (κ1) is 10.1. The van der Waals surface area contributed by atoms with Crippen LogP contribution < -0.4 is 11.3 Å². The first-order chi connectivity index (χ1) is 6.33. The SMILES string of the molecule is CN=C(NN)c1ccccc1SC. The Balaban J connectivity index is 3.12. The van der Waals surface area contributed by atoms with E-state index in [2.05, 4.69) is 10.4 Å². The van der Waals surface area contributed by atoms with E-state index in [1.807, 2.05) is 30.5 Å². The number of amidine groups is 1. The van der Waals surface area contributed by atoms with Gasteiger partial charge in [-0.2, -0.15) is 0 Å². The van der Waals surface area contributed by atoms with E-state index in [9.17, 15) is 0 Å². The van der Waals surface area contributed by atoms with Crippen molar-refractivity contribution >= 4 is 17.6 Å². The van der Waals surface area contributed by atoms with Gasteiger partial charge < -0.3 is 5.43 Å². The molecule has 0 unspecified atom stereocenters. The minimum absolute atomic E-state index is 0.713. The van der Waals surface area contributed by atoms with Crippen molar-refractivity contribution < 1.29 is 0 Å². The summed E-state index contributed by atoms with van der Waals surface area (Å²) in [6, 6.07) is 8.01. The molecule has 1 aromatic rings. The first-order valence-electron chi connectivity index (χ1n) is 3.90. The molecule has 0 aromatic heterocycles. The largest absolute Gasteiger partial charge is 0.308 e. The third-order valence-electron chi connectivity index (χ3n) is 1.72. The summed E-state index contributed by atoms with van der Waals surface area (Å²) in [6.07, 6.45) is 2.03. The second kappa shape index (κ2) is 4.89. The summed E-state index contributed by atoms with van der Waals surface area (Å²) < 4.78 is 0. The van der Waals surface area contributed by atoms with Crippen LogP contribution in [-0.2, 0) is 0 Å². The average molecular weight is 195 g/mol. The van der Waals surface area contributed by atoms with Crippen LogP contribution in [0.25, 0.3) is 0 Å². The summed E-state index contributed by atoms with van der Waals surface area (Å²) in [6.45, 7) is 0. The van der Waals surface area contributed by atoms with Gasteiger partial charge in [-0.05, 0) is 12.3 Å². The van der Waals surface area contributed by atoms with E-state index in [1.54, 1.807) is 18.8 Å². The van der Waals surface area contributed by atoms with Gasteiger partial charge >= 0.3 is 0 Å². The predicted molar refractivity (Wildman–Crippen MR) is 58.0 cm³/mol. The number of hydrogen-bond donors (Lipinski definition) is 2. The molecule has 4 heteroatoms. The van der Waals surface area contributed by atoms with Crippen molar-refractivity contribution in [2.45, 2.75) is 4.90 Å². The number of nitrogens with zero attached hydrogens (tertiary/aromatic N) is 1. The van der Waals surface area contributed by atoms with Crippen LogP contribution in [0.4, 0.5) is 0 Å². The van der Waals surface area contributed by atoms with Crippen LogP contribution in [0.15, 0.2) is 34.2 Å². The number of hydrazine groups is 1. The summed E-state index contributed by atoms with van der Waals surface area (Å²) >= 11 is 1.68. The molecule has 0 saturated heterocycles. The van der Waals surface area contributed by atoms with Gasteiger partial charge in [0.15, 0.2) is 0 Å². The van der Waals surface area contributed by atoms with Crippen molar-refractivity contribution in [3.8, 4) is 0 Å². The van der Waals surface area contributed by atoms with Crippen molar-refractivity contribution in [2.24, 2.45) is 10.8 Å². The number of aliphatic imine (C=N–C) groups is 1. The summed E-state index contributed by atoms with van der Waals surface area (Å²) in [7, 11) is 1.71. The van der Waals surface area contributed by atoms with E-state index in [4.69, 9.17) is 5.84 Å². The Morgan fingerprint density at radius 3 is 2.69 bits per heavy atom. The first-order valence-corrected chi connectivity index (χ1v) is 5.12. The van der Waals surface area contributed by atoms with Gasteiger partial charge in [-0.3, -0.25) is 4.99 Å². The maximum absolute atomic E-state index is 5.35. The molecular formula is C9H13N3S. The summed E-state index contributed by atoms with van der Waals surface area (Å²) in [5.41, 5.74) is 3.62. The maximum atomic E-state index is 5.35. The van der Waals surface area contributed by atoms with Gasteiger partial charge in [-0.1, -0.05) is 18.2 Å². The molecule has 0 heterocycles. The number of thioether (sulfide) groups is 1. The number of rotatable bonds is 2. The van der Waals surface area contributed by atoms with Gasteiger partial charge in [0.25, 0.3) is 0 Å². The Morgan fingerprint density at radius 1 is 1.46 bits per heavy atom. The highest BCUT2D eigenvalue weighted by atomic mass is 32.2. The predicted octanol–water partition coefficient (Wildman–Crippen LogP) is 1.25. The lowest BCUT2D eigenvalue weighted by molar-refractivity contribution is 1.01. The second-order valence-electron chi connectivity index (χ2n) is 2.42. The zero-order valence-electron chi connectivity index (χ0n) is 7.74. The summed E-state index contributed by atoms with van der Waals surface area (Å²) in [5, 5.41) is 0. The van der Waals surface area contributed by atoms with Crippen molar-refractivity contribution in [1.82, 2.24) is 5.43 Å². The summed E-state index contributed by atoms with van der Waals surface area (Å²) in [5.74, 6) is 6.06. The lowest BCUT2D eigenvalue weighted by Gasteiger charge is -2.08. The van der Waals surface area contributed by atoms with Gasteiger partial charge in [0.2, 0.25) is 0 Å². The number of nitrogens with two attached hydrogens (primary N) is 1. The molecule has 0 radical (unpaired) electrons. The monoisotopic (exact) mass is 195 g/mol. The normalized spacial score (nSPS) is 11.5. The lowest BCUT2D eigenvalue weighted by Crippen LogP contribution is -2.31. The molecule has 0 aliphatic carbocycles. The van der Waals surface area contributed by atoms with Crippen LogP contribution in [0.1, 0.15) is 5.56 Å². The van der Waals surface area contributed by atoms with Gasteiger partial charge in [0, 0.05) is 17.5 Å². The molecule has 0 bridgehead atoms. The van der Waals surface area contributed by atoms with Crippen molar-refractivity contribution in [3.05, 3.63) is 29.8 Å². The van der Waals surface area contributed by atoms with E-state index in [0.29, 0.717) is 5.84 Å². The molecular weight excluding hydrogens is 182 g/mol. The molecule has 1 aromatic carbocycles. The molecule has 0 atom stereocenters. The molecule has 0 spiro atoms. The molecule has 13 heavy (non-hydrogen) atoms. The second-order valence-corrected chi connectivity index (χ2v) is 3.26. The van der Waals surface area contributed by atoms with Crippen molar-refractivity contribution in [2.75, 3.05) is 13.3 Å². The quantitative estimate of drug-likeness (QED) is 0.245. The molecule has 0 fully saturated rings. The Labute approximate surface area is 82.4 Å². The van der Waals surface area contributed by atoms with Crippen molar-refractivity contribution in [3.63, 3.8) is 0 Å². The molecule has 0 aliphatic rings. The van der Waals surface area contributed by atoms with Gasteiger partial charge in [-0.25, -0.2) is 5.84 Å². The maximum Gasteiger partial charge on any atom is 0.143 e. The number of hydrogen-bond acceptors (Lipinski definition) is 3. The zero-order valence-corrected chi connectivity index (χ0v) is 8.56. The Hall–Kier alpha value is -1.00. The molecule has 3 nitrogen and oxygen atoms in total. The van der Waals surface area contributed by atoms with Gasteiger partial charge in [0.05, 0.1) is 0 Å². The molecule has 70 valence electrons. The zero-order chi connectivity index (χ0) is 9.68. The Morgan fingerprint density at radius 2 is 2.15 bits per heavy atom. The fraction of sp³-hybridized carbons (Fsp3) is 0.222. The lowest BCUT2D eigenvalue weighted by atomic mass is 10.2. The van der Waals surface area contributed by atoms with Crippen LogP contribution in [0.5, 0.6) is 0 Å². The highest BCUT2D eigenvalue weighted by Crippen LogP contribution is 2.19. The summed E-state index contributed by atoms with van der Waals surface area (Å²) in [4.78, 5) is 5.22. The van der Waals surface area contributed by atoms with Crippen LogP contribution in [0.2, 0.25) is 0 Å². The van der Waals surface area contributed by atoms with E-state index in [0.717, 1.165) is 5.56 Å². The third kappa shape index (κ3) is 2.23. The van der Waals surface area contributed by atoms with E-state index >= 15 is 0 Å². The van der Waals surface area contributed by atoms with Crippen LogP contribution >= 0.6 is 11.8 Å². The van der Waals surface area contributed by atoms with E-state index in [-0.39, 0.29) is 0 Å². The fourth-order valence-electron chi connectivity index (χ4n) is 1.10. The van der Waals surface area contributed by atoms with Gasteiger partial charge in [-0.15, -0.1) is 11.8 Å². The number of benzene rings is 1. The van der Waals surface area contributed by atoms with E-state index < -0.39 is 0 Å². The average Bonchev–Trinajstić information content (AvgIpc) is 2.20. The third-order valence-corrected chi connectivity index (χ3v) is 2.52. The van der Waals surface area contributed by atoms with Crippen molar-refractivity contribution in [1.29, 1.82) is 0 Å². The Kier molecular flexibility index (Phi) is 3.79. The molecule has 3 N–H and O–H groups in total. The Bertz CT molecular complexity index is 309. The molecule has 1 rings (SSSR count). The van der Waals surface area contributed by atoms with E-state index in [1.165, 1.54) is 4.90 Å². The standard InChI is InChI=1S/C9H13N3S/c1-11-9(12-10)7-5-3-4-6-8(7)13-2/h3-6H,10H2,1-2H3,(H,11,12). The number of nitrogens with one attached hydrogen (secondary N) is 1. The van der Waals surface area contributed by atoms with Gasteiger partial charge in [0.1, 0.15) is 5.84 Å². The van der Waals surface area contributed by atoms with Crippen LogP contribution in [0.3, 0.4) is 0 Å². The fourth-order valence-corrected chi connectivity index (χ4v) is 1.70. The smallest absolute Gasteiger partial charge is 0.143 e. The van der Waals surface area contributed by atoms with Crippen LogP contribution in [-0.4, -0.2) is 19.1 Å². The molecule has 0 saturated carbocycles. The minimum Gasteiger partial charge on any atom is -0.308 e.